The Morgan fingerprint density at radius 3 is 2.83 bits per heavy atom. The first-order chi connectivity index (χ1) is 8.74. The van der Waals surface area contributed by atoms with Crippen LogP contribution < -0.4 is 4.90 Å². The van der Waals surface area contributed by atoms with Crippen LogP contribution in [0.3, 0.4) is 0 Å². The van der Waals surface area contributed by atoms with Crippen LogP contribution in [0.15, 0.2) is 18.7 Å². The number of rotatable bonds is 5. The predicted octanol–water partition coefficient (Wildman–Crippen LogP) is 0.529. The van der Waals surface area contributed by atoms with Gasteiger partial charge in [0.2, 0.25) is 17.2 Å². The van der Waals surface area contributed by atoms with Crippen LogP contribution >= 0.6 is 11.6 Å². The minimum absolute atomic E-state index is 0.0253. The van der Waals surface area contributed by atoms with Crippen LogP contribution in [-0.4, -0.2) is 49.3 Å². The van der Waals surface area contributed by atoms with Gasteiger partial charge in [0.25, 0.3) is 0 Å². The Hall–Kier alpha value is -1.73. The van der Waals surface area contributed by atoms with Crippen LogP contribution in [0.4, 0.5) is 5.95 Å². The second-order valence-electron chi connectivity index (χ2n) is 3.48. The van der Waals surface area contributed by atoms with Gasteiger partial charge in [-0.1, -0.05) is 0 Å². The Balaban J connectivity index is 2.37. The predicted molar refractivity (Wildman–Crippen MR) is 66.9 cm³/mol. The zero-order valence-corrected chi connectivity index (χ0v) is 10.6. The molecule has 0 aliphatic heterocycles. The van der Waals surface area contributed by atoms with Crippen molar-refractivity contribution in [1.82, 2.24) is 24.5 Å². The van der Waals surface area contributed by atoms with Gasteiger partial charge in [0, 0.05) is 25.5 Å². The van der Waals surface area contributed by atoms with Crippen LogP contribution in [0.25, 0.3) is 5.95 Å². The van der Waals surface area contributed by atoms with E-state index in [-0.39, 0.29) is 11.9 Å². The first kappa shape index (κ1) is 12.7. The average Bonchev–Trinajstić information content (AvgIpc) is 2.89. The standard InChI is InChI=1S/C10H13ClN6O/c1-2-16(5-6-18)9-13-8(11)14-10(15-9)17-4-3-12-7-17/h3-4,7,18H,2,5-6H2,1H3. The van der Waals surface area contributed by atoms with Crippen molar-refractivity contribution < 1.29 is 5.11 Å². The number of hydrogen-bond acceptors (Lipinski definition) is 6. The molecule has 0 unspecified atom stereocenters. The lowest BCUT2D eigenvalue weighted by Gasteiger charge is -2.19. The Labute approximate surface area is 109 Å². The van der Waals surface area contributed by atoms with Crippen LogP contribution in [-0.2, 0) is 0 Å². The van der Waals surface area contributed by atoms with Gasteiger partial charge >= 0.3 is 0 Å². The highest BCUT2D eigenvalue weighted by atomic mass is 35.5. The zero-order chi connectivity index (χ0) is 13.0. The SMILES string of the molecule is CCN(CCO)c1nc(Cl)nc(-n2ccnc2)n1. The van der Waals surface area contributed by atoms with E-state index in [0.29, 0.717) is 25.0 Å². The van der Waals surface area contributed by atoms with Gasteiger partial charge in [0.1, 0.15) is 6.33 Å². The van der Waals surface area contributed by atoms with E-state index >= 15 is 0 Å². The van der Waals surface area contributed by atoms with Gasteiger partial charge in [-0.05, 0) is 18.5 Å². The summed E-state index contributed by atoms with van der Waals surface area (Å²) in [5.74, 6) is 0.842. The monoisotopic (exact) mass is 268 g/mol. The molecule has 0 atom stereocenters. The zero-order valence-electron chi connectivity index (χ0n) is 9.86. The van der Waals surface area contributed by atoms with E-state index in [1.54, 1.807) is 23.3 Å². The summed E-state index contributed by atoms with van der Waals surface area (Å²) in [6.07, 6.45) is 4.93. The summed E-state index contributed by atoms with van der Waals surface area (Å²) in [6, 6.07) is 0. The number of nitrogens with zero attached hydrogens (tertiary/aromatic N) is 6. The quantitative estimate of drug-likeness (QED) is 0.852. The summed E-state index contributed by atoms with van der Waals surface area (Å²) in [7, 11) is 0. The summed E-state index contributed by atoms with van der Waals surface area (Å²) < 4.78 is 1.64. The molecule has 0 bridgehead atoms. The van der Waals surface area contributed by atoms with Crippen molar-refractivity contribution in [1.29, 1.82) is 0 Å². The van der Waals surface area contributed by atoms with Gasteiger partial charge in [-0.2, -0.15) is 15.0 Å². The van der Waals surface area contributed by atoms with E-state index in [1.165, 1.54) is 0 Å². The number of halogens is 1. The fourth-order valence-electron chi connectivity index (χ4n) is 1.48. The Morgan fingerprint density at radius 2 is 2.22 bits per heavy atom. The number of aromatic nitrogens is 5. The molecule has 0 aliphatic carbocycles. The molecule has 8 heteroatoms. The number of likely N-dealkylation sites (N-methyl/N-ethyl adjacent to an activating group) is 1. The molecule has 96 valence electrons. The Kier molecular flexibility index (Phi) is 4.06. The van der Waals surface area contributed by atoms with Gasteiger partial charge in [-0.3, -0.25) is 4.57 Å². The molecule has 1 N–H and O–H groups in total. The van der Waals surface area contributed by atoms with Gasteiger partial charge in [0.15, 0.2) is 0 Å². The fraction of sp³-hybridized carbons (Fsp3) is 0.400. The molecule has 0 saturated heterocycles. The molecular formula is C10H13ClN6O. The molecule has 2 aromatic rings. The van der Waals surface area contributed by atoms with Gasteiger partial charge in [-0.15, -0.1) is 0 Å². The molecule has 0 aliphatic rings. The molecule has 0 amide bonds. The van der Waals surface area contributed by atoms with Crippen molar-refractivity contribution in [2.75, 3.05) is 24.6 Å². The van der Waals surface area contributed by atoms with E-state index in [1.807, 2.05) is 11.8 Å². The number of aliphatic hydroxyl groups excluding tert-OH is 1. The van der Waals surface area contributed by atoms with Gasteiger partial charge in [0.05, 0.1) is 6.61 Å². The van der Waals surface area contributed by atoms with Gasteiger partial charge in [-0.25, -0.2) is 4.98 Å². The van der Waals surface area contributed by atoms with E-state index in [2.05, 4.69) is 19.9 Å². The fourth-order valence-corrected chi connectivity index (χ4v) is 1.64. The highest BCUT2D eigenvalue weighted by Crippen LogP contribution is 2.13. The molecule has 2 rings (SSSR count). The lowest BCUT2D eigenvalue weighted by Crippen LogP contribution is -2.28. The van der Waals surface area contributed by atoms with Crippen molar-refractivity contribution in [3.8, 4) is 5.95 Å². The van der Waals surface area contributed by atoms with Crippen molar-refractivity contribution in [2.45, 2.75) is 6.92 Å². The molecule has 2 aromatic heterocycles. The first-order valence-electron chi connectivity index (χ1n) is 5.50. The molecule has 2 heterocycles. The number of aliphatic hydroxyl groups is 1. The van der Waals surface area contributed by atoms with Crippen LogP contribution in [0, 0.1) is 0 Å². The Morgan fingerprint density at radius 1 is 1.39 bits per heavy atom. The number of hydrogen-bond donors (Lipinski definition) is 1. The van der Waals surface area contributed by atoms with Crippen LogP contribution in [0.2, 0.25) is 5.28 Å². The van der Waals surface area contributed by atoms with Crippen LogP contribution in [0.5, 0.6) is 0 Å². The van der Waals surface area contributed by atoms with Crippen molar-refractivity contribution in [3.05, 3.63) is 24.0 Å². The molecular weight excluding hydrogens is 256 g/mol. The summed E-state index contributed by atoms with van der Waals surface area (Å²) in [5.41, 5.74) is 0. The number of imidazole rings is 1. The summed E-state index contributed by atoms with van der Waals surface area (Å²) in [6.45, 7) is 3.09. The topological polar surface area (TPSA) is 80.0 Å². The number of anilines is 1. The molecule has 18 heavy (non-hydrogen) atoms. The molecule has 0 spiro atoms. The third kappa shape index (κ3) is 2.74. The smallest absolute Gasteiger partial charge is 0.241 e. The maximum atomic E-state index is 8.99. The van der Waals surface area contributed by atoms with Gasteiger partial charge < -0.3 is 10.0 Å². The molecule has 0 radical (unpaired) electrons. The van der Waals surface area contributed by atoms with E-state index in [9.17, 15) is 0 Å². The normalized spacial score (nSPS) is 10.6. The van der Waals surface area contributed by atoms with Crippen molar-refractivity contribution in [2.24, 2.45) is 0 Å². The lowest BCUT2D eigenvalue weighted by molar-refractivity contribution is 0.301. The highest BCUT2D eigenvalue weighted by Gasteiger charge is 2.11. The highest BCUT2D eigenvalue weighted by molar-refractivity contribution is 6.28. The van der Waals surface area contributed by atoms with Crippen molar-refractivity contribution >= 4 is 17.5 Å². The third-order valence-electron chi connectivity index (χ3n) is 2.35. The minimum Gasteiger partial charge on any atom is -0.395 e. The maximum Gasteiger partial charge on any atom is 0.241 e. The largest absolute Gasteiger partial charge is 0.395 e. The van der Waals surface area contributed by atoms with E-state index < -0.39 is 0 Å². The lowest BCUT2D eigenvalue weighted by atomic mass is 10.5. The van der Waals surface area contributed by atoms with Crippen LogP contribution in [0.1, 0.15) is 6.92 Å². The van der Waals surface area contributed by atoms with E-state index in [4.69, 9.17) is 16.7 Å². The molecule has 7 nitrogen and oxygen atoms in total. The molecule has 0 fully saturated rings. The average molecular weight is 269 g/mol. The second-order valence-corrected chi connectivity index (χ2v) is 3.82. The third-order valence-corrected chi connectivity index (χ3v) is 2.52. The first-order valence-corrected chi connectivity index (χ1v) is 5.88. The molecule has 0 saturated carbocycles. The summed E-state index contributed by atoms with van der Waals surface area (Å²) in [4.78, 5) is 18.1. The Bertz CT molecular complexity index is 503. The summed E-state index contributed by atoms with van der Waals surface area (Å²) >= 11 is 5.88. The molecule has 0 aromatic carbocycles. The maximum absolute atomic E-state index is 8.99. The summed E-state index contributed by atoms with van der Waals surface area (Å²) in [5, 5.41) is 9.10. The second kappa shape index (κ2) is 5.74. The van der Waals surface area contributed by atoms with Crippen molar-refractivity contribution in [3.63, 3.8) is 0 Å². The minimum atomic E-state index is 0.0253. The van der Waals surface area contributed by atoms with E-state index in [0.717, 1.165) is 0 Å².